The van der Waals surface area contributed by atoms with Crippen molar-refractivity contribution in [3.8, 4) is 0 Å². The first-order valence-corrected chi connectivity index (χ1v) is 6.86. The van der Waals surface area contributed by atoms with Gasteiger partial charge in [0.05, 0.1) is 0 Å². The van der Waals surface area contributed by atoms with Gasteiger partial charge in [0.15, 0.2) is 0 Å². The van der Waals surface area contributed by atoms with Crippen LogP contribution in [0.4, 0.5) is 5.82 Å². The van der Waals surface area contributed by atoms with Gasteiger partial charge in [-0.15, -0.1) is 0 Å². The molecule has 100 valence electrons. The third-order valence-corrected chi connectivity index (χ3v) is 3.67. The molecular formula is C14H24N4. The van der Waals surface area contributed by atoms with Crippen molar-refractivity contribution in [1.82, 2.24) is 15.3 Å². The lowest BCUT2D eigenvalue weighted by Gasteiger charge is -2.21. The predicted octanol–water partition coefficient (Wildman–Crippen LogP) is 1.99. The quantitative estimate of drug-likeness (QED) is 0.836. The minimum Gasteiger partial charge on any atom is -0.359 e. The molecule has 0 spiro atoms. The van der Waals surface area contributed by atoms with Gasteiger partial charge in [-0.3, -0.25) is 0 Å². The summed E-state index contributed by atoms with van der Waals surface area (Å²) >= 11 is 0. The summed E-state index contributed by atoms with van der Waals surface area (Å²) in [5, 5.41) is 3.35. The zero-order valence-electron chi connectivity index (χ0n) is 11.9. The van der Waals surface area contributed by atoms with Crippen molar-refractivity contribution >= 4 is 5.82 Å². The summed E-state index contributed by atoms with van der Waals surface area (Å²) in [4.78, 5) is 11.2. The third kappa shape index (κ3) is 3.19. The predicted molar refractivity (Wildman–Crippen MR) is 74.7 cm³/mol. The maximum Gasteiger partial charge on any atom is 0.136 e. The number of nitrogens with one attached hydrogen (secondary N) is 1. The highest BCUT2D eigenvalue weighted by molar-refractivity contribution is 5.45. The first-order chi connectivity index (χ1) is 8.61. The van der Waals surface area contributed by atoms with Crippen LogP contribution in [-0.4, -0.2) is 30.1 Å². The van der Waals surface area contributed by atoms with Crippen molar-refractivity contribution in [1.29, 1.82) is 0 Å². The van der Waals surface area contributed by atoms with Gasteiger partial charge in [-0.25, -0.2) is 9.97 Å². The molecule has 0 aromatic carbocycles. The van der Waals surface area contributed by atoms with Crippen molar-refractivity contribution < 1.29 is 0 Å². The fraction of sp³-hybridized carbons (Fsp3) is 0.714. The molecule has 1 heterocycles. The average Bonchev–Trinajstić information content (AvgIpc) is 3.03. The molecule has 0 aliphatic heterocycles. The molecular weight excluding hydrogens is 224 g/mol. The molecule has 0 radical (unpaired) electrons. The van der Waals surface area contributed by atoms with Crippen molar-refractivity contribution in [2.45, 2.75) is 33.7 Å². The smallest absolute Gasteiger partial charge is 0.136 e. The Morgan fingerprint density at radius 2 is 2.22 bits per heavy atom. The Labute approximate surface area is 110 Å². The number of anilines is 1. The molecule has 1 saturated carbocycles. The molecule has 1 aliphatic carbocycles. The van der Waals surface area contributed by atoms with Crippen molar-refractivity contribution in [2.24, 2.45) is 11.8 Å². The zero-order chi connectivity index (χ0) is 13.1. The molecule has 2 rings (SSSR count). The molecule has 0 saturated heterocycles. The molecule has 0 bridgehead atoms. The lowest BCUT2D eigenvalue weighted by molar-refractivity contribution is 0.692. The highest BCUT2D eigenvalue weighted by Gasteiger charge is 2.33. The first kappa shape index (κ1) is 13.3. The van der Waals surface area contributed by atoms with E-state index in [0.717, 1.165) is 43.1 Å². The van der Waals surface area contributed by atoms with Gasteiger partial charge >= 0.3 is 0 Å². The van der Waals surface area contributed by atoms with Crippen LogP contribution in [0.3, 0.4) is 0 Å². The van der Waals surface area contributed by atoms with E-state index in [1.165, 1.54) is 12.0 Å². The van der Waals surface area contributed by atoms with Gasteiger partial charge in [-0.05, 0) is 31.7 Å². The van der Waals surface area contributed by atoms with Crippen LogP contribution in [0.25, 0.3) is 0 Å². The maximum atomic E-state index is 4.61. The fourth-order valence-corrected chi connectivity index (χ4v) is 2.29. The number of hydrogen-bond donors (Lipinski definition) is 1. The summed E-state index contributed by atoms with van der Waals surface area (Å²) in [6.45, 7) is 9.31. The van der Waals surface area contributed by atoms with Crippen LogP contribution in [-0.2, 0) is 6.54 Å². The van der Waals surface area contributed by atoms with Gasteiger partial charge in [0.2, 0.25) is 0 Å². The molecule has 1 fully saturated rings. The van der Waals surface area contributed by atoms with Crippen LogP contribution < -0.4 is 10.2 Å². The van der Waals surface area contributed by atoms with E-state index in [1.807, 2.05) is 13.1 Å². The third-order valence-electron chi connectivity index (χ3n) is 3.67. The average molecular weight is 248 g/mol. The van der Waals surface area contributed by atoms with Crippen LogP contribution >= 0.6 is 0 Å². The second kappa shape index (κ2) is 5.65. The highest BCUT2D eigenvalue weighted by Crippen LogP contribution is 2.38. The number of aromatic nitrogens is 2. The highest BCUT2D eigenvalue weighted by atomic mass is 15.2. The van der Waals surface area contributed by atoms with Crippen molar-refractivity contribution in [3.63, 3.8) is 0 Å². The van der Waals surface area contributed by atoms with Crippen molar-refractivity contribution in [3.05, 3.63) is 17.6 Å². The van der Waals surface area contributed by atoms with Gasteiger partial charge in [-0.2, -0.15) is 0 Å². The second-order valence-electron chi connectivity index (χ2n) is 5.40. The molecule has 1 N–H and O–H groups in total. The molecule has 2 unspecified atom stereocenters. The fourth-order valence-electron chi connectivity index (χ4n) is 2.29. The summed E-state index contributed by atoms with van der Waals surface area (Å²) < 4.78 is 0. The standard InChI is InChI=1S/C14H24N4/c1-5-15-7-13-8-16-11(3)17-14(13)18(4)9-12-6-10(12)2/h8,10,12,15H,5-7,9H2,1-4H3. The van der Waals surface area contributed by atoms with E-state index >= 15 is 0 Å². The van der Waals surface area contributed by atoms with Gasteiger partial charge in [-0.1, -0.05) is 13.8 Å². The normalized spacial score (nSPS) is 22.0. The van der Waals surface area contributed by atoms with Crippen LogP contribution in [0.2, 0.25) is 0 Å². The monoisotopic (exact) mass is 248 g/mol. The maximum absolute atomic E-state index is 4.61. The van der Waals surface area contributed by atoms with Gasteiger partial charge in [0, 0.05) is 31.9 Å². The Bertz CT molecular complexity index is 405. The van der Waals surface area contributed by atoms with E-state index < -0.39 is 0 Å². The van der Waals surface area contributed by atoms with Crippen LogP contribution in [0.1, 0.15) is 31.7 Å². The van der Waals surface area contributed by atoms with E-state index in [9.17, 15) is 0 Å². The zero-order valence-corrected chi connectivity index (χ0v) is 11.9. The number of rotatable bonds is 6. The lowest BCUT2D eigenvalue weighted by atomic mass is 10.2. The van der Waals surface area contributed by atoms with Gasteiger partial charge < -0.3 is 10.2 Å². The Balaban J connectivity index is 2.09. The Hall–Kier alpha value is -1.16. The largest absolute Gasteiger partial charge is 0.359 e. The Morgan fingerprint density at radius 3 is 2.83 bits per heavy atom. The van der Waals surface area contributed by atoms with E-state index in [0.29, 0.717) is 0 Å². The molecule has 1 aromatic heterocycles. The summed E-state index contributed by atoms with van der Waals surface area (Å²) in [7, 11) is 2.14. The molecule has 18 heavy (non-hydrogen) atoms. The summed E-state index contributed by atoms with van der Waals surface area (Å²) in [5.74, 6) is 3.66. The molecule has 4 nitrogen and oxygen atoms in total. The first-order valence-electron chi connectivity index (χ1n) is 6.86. The molecule has 4 heteroatoms. The minimum atomic E-state index is 0.844. The van der Waals surface area contributed by atoms with E-state index in [2.05, 4.69) is 41.1 Å². The van der Waals surface area contributed by atoms with Gasteiger partial charge in [0.1, 0.15) is 11.6 Å². The minimum absolute atomic E-state index is 0.844. The number of aryl methyl sites for hydroxylation is 1. The number of hydrogen-bond acceptors (Lipinski definition) is 4. The molecule has 2 atom stereocenters. The Morgan fingerprint density at radius 1 is 1.50 bits per heavy atom. The number of nitrogens with zero attached hydrogens (tertiary/aromatic N) is 3. The van der Waals surface area contributed by atoms with Gasteiger partial charge in [0.25, 0.3) is 0 Å². The van der Waals surface area contributed by atoms with Crippen LogP contribution in [0.5, 0.6) is 0 Å². The van der Waals surface area contributed by atoms with Crippen LogP contribution in [0.15, 0.2) is 6.20 Å². The summed E-state index contributed by atoms with van der Waals surface area (Å²) in [5.41, 5.74) is 1.19. The molecule has 1 aromatic rings. The second-order valence-corrected chi connectivity index (χ2v) is 5.40. The Kier molecular flexibility index (Phi) is 4.17. The SMILES string of the molecule is CCNCc1cnc(C)nc1N(C)CC1CC1C. The molecule has 1 aliphatic rings. The molecule has 0 amide bonds. The van der Waals surface area contributed by atoms with E-state index in [-0.39, 0.29) is 0 Å². The topological polar surface area (TPSA) is 41.1 Å². The lowest BCUT2D eigenvalue weighted by Crippen LogP contribution is -2.25. The van der Waals surface area contributed by atoms with E-state index in [4.69, 9.17) is 0 Å². The van der Waals surface area contributed by atoms with Crippen molar-refractivity contribution in [2.75, 3.05) is 25.0 Å². The van der Waals surface area contributed by atoms with E-state index in [1.54, 1.807) is 0 Å². The van der Waals surface area contributed by atoms with Crippen LogP contribution in [0, 0.1) is 18.8 Å². The summed E-state index contributed by atoms with van der Waals surface area (Å²) in [6.07, 6.45) is 3.31. The summed E-state index contributed by atoms with van der Waals surface area (Å²) in [6, 6.07) is 0.